The minimum absolute atomic E-state index is 0.00295. The van der Waals surface area contributed by atoms with Crippen molar-refractivity contribution in [3.63, 3.8) is 0 Å². The summed E-state index contributed by atoms with van der Waals surface area (Å²) in [6.07, 6.45) is 0.452. The van der Waals surface area contributed by atoms with Crippen LogP contribution >= 0.6 is 0 Å². The number of benzene rings is 2. The molecule has 10 heteroatoms. The van der Waals surface area contributed by atoms with Crippen LogP contribution in [0.5, 0.6) is 0 Å². The highest BCUT2D eigenvalue weighted by Crippen LogP contribution is 2.13. The maximum Gasteiger partial charge on any atom is 0.332 e. The van der Waals surface area contributed by atoms with Gasteiger partial charge in [0.1, 0.15) is 0 Å². The molecule has 0 aromatic heterocycles. The predicted molar refractivity (Wildman–Crippen MR) is 88.6 cm³/mol. The first-order valence-electron chi connectivity index (χ1n) is 7.02. The van der Waals surface area contributed by atoms with Gasteiger partial charge in [-0.2, -0.15) is 8.42 Å². The van der Waals surface area contributed by atoms with E-state index in [1.165, 1.54) is 24.3 Å². The first-order valence-corrected chi connectivity index (χ1v) is 9.95. The summed E-state index contributed by atoms with van der Waals surface area (Å²) in [4.78, 5) is 11.4. The third-order valence-electron chi connectivity index (χ3n) is 3.35. The molecule has 0 unspecified atom stereocenters. The molecule has 2 aromatic rings. The number of hydrogen-bond donors (Lipinski definition) is 2. The smallest absolute Gasteiger partial charge is 0.332 e. The van der Waals surface area contributed by atoms with Crippen LogP contribution in [0, 0.1) is 0 Å². The fourth-order valence-corrected chi connectivity index (χ4v) is 3.01. The average Bonchev–Trinajstić information content (AvgIpc) is 2.54. The molecule has 0 aliphatic rings. The molecule has 0 aliphatic carbocycles. The fourth-order valence-electron chi connectivity index (χ4n) is 2.04. The molecule has 0 saturated carbocycles. The summed E-state index contributed by atoms with van der Waals surface area (Å²) >= 11 is 0. The number of nitrogens with one attached hydrogen (secondary N) is 1. The van der Waals surface area contributed by atoms with Crippen molar-refractivity contribution in [1.82, 2.24) is 5.32 Å². The maximum atomic E-state index is 12.8. The largest absolute Gasteiger partial charge is 0.352 e. The van der Waals surface area contributed by atoms with Crippen molar-refractivity contribution in [1.29, 1.82) is 0 Å². The molecule has 0 spiro atoms. The van der Waals surface area contributed by atoms with Gasteiger partial charge in [-0.3, -0.25) is 4.79 Å². The van der Waals surface area contributed by atoms with E-state index in [-0.39, 0.29) is 17.0 Å². The lowest BCUT2D eigenvalue weighted by atomic mass is 10.1. The van der Waals surface area contributed by atoms with Crippen LogP contribution in [0.15, 0.2) is 58.3 Å². The monoisotopic (exact) mass is 386 g/mol. The quantitative estimate of drug-likeness (QED) is 0.716. The van der Waals surface area contributed by atoms with Crippen molar-refractivity contribution in [2.24, 2.45) is 5.14 Å². The summed E-state index contributed by atoms with van der Waals surface area (Å²) in [6, 6.07) is 10.4. The summed E-state index contributed by atoms with van der Waals surface area (Å²) in [5.74, 6) is -0.441. The molecule has 0 bridgehead atoms. The van der Waals surface area contributed by atoms with Crippen molar-refractivity contribution in [2.45, 2.75) is 16.2 Å². The lowest BCUT2D eigenvalue weighted by Crippen LogP contribution is -2.25. The highest BCUT2D eigenvalue weighted by molar-refractivity contribution is 7.89. The van der Waals surface area contributed by atoms with Crippen LogP contribution < -0.4 is 10.5 Å². The van der Waals surface area contributed by atoms with Crippen LogP contribution in [0.3, 0.4) is 0 Å². The fraction of sp³-hybridized carbons (Fsp3) is 0.133. The summed E-state index contributed by atoms with van der Waals surface area (Å²) in [6.45, 7) is 0.275. The zero-order valence-electron chi connectivity index (χ0n) is 12.8. The highest BCUT2D eigenvalue weighted by Gasteiger charge is 2.13. The number of rotatable bonds is 6. The second-order valence-corrected chi connectivity index (χ2v) is 8.07. The molecule has 0 atom stereocenters. The summed E-state index contributed by atoms with van der Waals surface area (Å²) in [7, 11) is -8.54. The molecule has 0 radical (unpaired) electrons. The number of primary sulfonamides is 1. The van der Waals surface area contributed by atoms with Crippen molar-refractivity contribution in [2.75, 3.05) is 6.54 Å². The molecule has 0 saturated heterocycles. The van der Waals surface area contributed by atoms with Gasteiger partial charge in [0.25, 0.3) is 5.91 Å². The SMILES string of the molecule is NS(=O)(=O)c1ccc(CCNC(=O)c2ccc(S(=O)(=O)F)cc2)cc1. The first-order chi connectivity index (χ1) is 11.6. The number of halogens is 1. The van der Waals surface area contributed by atoms with E-state index in [0.29, 0.717) is 6.42 Å². The van der Waals surface area contributed by atoms with Crippen LogP contribution in [0.4, 0.5) is 3.89 Å². The van der Waals surface area contributed by atoms with E-state index in [2.05, 4.69) is 5.32 Å². The lowest BCUT2D eigenvalue weighted by Gasteiger charge is -2.06. The van der Waals surface area contributed by atoms with Gasteiger partial charge in [-0.05, 0) is 48.4 Å². The van der Waals surface area contributed by atoms with Gasteiger partial charge >= 0.3 is 10.2 Å². The lowest BCUT2D eigenvalue weighted by molar-refractivity contribution is 0.0954. The molecule has 3 N–H and O–H groups in total. The molecule has 0 heterocycles. The van der Waals surface area contributed by atoms with Crippen LogP contribution in [0.2, 0.25) is 0 Å². The Hall–Kier alpha value is -2.30. The van der Waals surface area contributed by atoms with E-state index in [4.69, 9.17) is 5.14 Å². The Balaban J connectivity index is 1.92. The molecule has 2 aromatic carbocycles. The van der Waals surface area contributed by atoms with Crippen molar-refractivity contribution in [3.8, 4) is 0 Å². The van der Waals surface area contributed by atoms with Crippen molar-refractivity contribution in [3.05, 3.63) is 59.7 Å². The van der Waals surface area contributed by atoms with E-state index in [9.17, 15) is 25.5 Å². The van der Waals surface area contributed by atoms with Gasteiger partial charge in [0.05, 0.1) is 9.79 Å². The second kappa shape index (κ2) is 7.30. The van der Waals surface area contributed by atoms with E-state index >= 15 is 0 Å². The number of sulfonamides is 1. The van der Waals surface area contributed by atoms with Crippen molar-refractivity contribution >= 4 is 26.2 Å². The Morgan fingerprint density at radius 3 is 1.92 bits per heavy atom. The Kier molecular flexibility index (Phi) is 5.55. The molecule has 0 fully saturated rings. The van der Waals surface area contributed by atoms with E-state index < -0.39 is 31.0 Å². The second-order valence-electron chi connectivity index (χ2n) is 5.16. The zero-order chi connectivity index (χ0) is 18.7. The van der Waals surface area contributed by atoms with Crippen molar-refractivity contribution < 1.29 is 25.5 Å². The summed E-state index contributed by atoms with van der Waals surface area (Å²) in [5.41, 5.74) is 0.989. The molecular weight excluding hydrogens is 371 g/mol. The topological polar surface area (TPSA) is 123 Å². The molecular formula is C15H15FN2O5S2. The molecule has 7 nitrogen and oxygen atoms in total. The average molecular weight is 386 g/mol. The molecule has 134 valence electrons. The van der Waals surface area contributed by atoms with E-state index in [1.54, 1.807) is 12.1 Å². The Morgan fingerprint density at radius 2 is 1.44 bits per heavy atom. The molecule has 0 aliphatic heterocycles. The van der Waals surface area contributed by atoms with Gasteiger partial charge in [0, 0.05) is 12.1 Å². The van der Waals surface area contributed by atoms with Gasteiger partial charge in [-0.25, -0.2) is 13.6 Å². The predicted octanol–water partition coefficient (Wildman–Crippen LogP) is 0.965. The summed E-state index contributed by atoms with van der Waals surface area (Å²) in [5, 5.41) is 7.63. The third-order valence-corrected chi connectivity index (χ3v) is 5.11. The summed E-state index contributed by atoms with van der Waals surface area (Å²) < 4.78 is 56.5. The zero-order valence-corrected chi connectivity index (χ0v) is 14.5. The van der Waals surface area contributed by atoms with Crippen LogP contribution in [0.25, 0.3) is 0 Å². The Bertz CT molecular complexity index is 970. The van der Waals surface area contributed by atoms with Crippen LogP contribution in [-0.2, 0) is 26.7 Å². The number of amides is 1. The molecule has 1 amide bonds. The molecule has 2 rings (SSSR count). The van der Waals surface area contributed by atoms with Gasteiger partial charge in [-0.1, -0.05) is 12.1 Å². The number of carbonyl (C=O) groups excluding carboxylic acids is 1. The van der Waals surface area contributed by atoms with Gasteiger partial charge < -0.3 is 5.32 Å². The number of nitrogens with two attached hydrogens (primary N) is 1. The minimum Gasteiger partial charge on any atom is -0.352 e. The normalized spacial score (nSPS) is 11.9. The highest BCUT2D eigenvalue weighted by atomic mass is 32.3. The van der Waals surface area contributed by atoms with Crippen LogP contribution in [0.1, 0.15) is 15.9 Å². The standard InChI is InChI=1S/C15H15FN2O5S2/c16-24(20,21)13-7-3-12(4-8-13)15(19)18-10-9-11-1-5-14(6-2-11)25(17,22)23/h1-8H,9-10H2,(H,18,19)(H2,17,22,23). The number of carbonyl (C=O) groups is 1. The van der Waals surface area contributed by atoms with E-state index in [0.717, 1.165) is 17.7 Å². The maximum absolute atomic E-state index is 12.8. The van der Waals surface area contributed by atoms with E-state index in [1.807, 2.05) is 0 Å². The molecule has 25 heavy (non-hydrogen) atoms. The van der Waals surface area contributed by atoms with Crippen LogP contribution in [-0.4, -0.2) is 29.3 Å². The van der Waals surface area contributed by atoms with Gasteiger partial charge in [-0.15, -0.1) is 3.89 Å². The van der Waals surface area contributed by atoms with Gasteiger partial charge in [0.2, 0.25) is 10.0 Å². The first kappa shape index (κ1) is 19.0. The van der Waals surface area contributed by atoms with Gasteiger partial charge in [0.15, 0.2) is 0 Å². The minimum atomic E-state index is -4.80. The third kappa shape index (κ3) is 5.34. The number of hydrogen-bond acceptors (Lipinski definition) is 5. The Morgan fingerprint density at radius 1 is 0.920 bits per heavy atom. The Labute approximate surface area is 144 Å².